The normalized spacial score (nSPS) is 14.7. The van der Waals surface area contributed by atoms with Crippen LogP contribution in [0.3, 0.4) is 0 Å². The van der Waals surface area contributed by atoms with E-state index >= 15 is 0 Å². The van der Waals surface area contributed by atoms with E-state index in [4.69, 9.17) is 13.8 Å². The zero-order valence-electron chi connectivity index (χ0n) is 47.8. The molecule has 0 bridgehead atoms. The molecule has 73 heavy (non-hydrogen) atoms. The Morgan fingerprint density at radius 3 is 2.08 bits per heavy atom. The Morgan fingerprint density at radius 1 is 0.616 bits per heavy atom. The Kier molecular flexibility index (Phi) is 8.17. The van der Waals surface area contributed by atoms with Crippen LogP contribution in [0.5, 0.6) is 11.6 Å². The van der Waals surface area contributed by atoms with E-state index in [1.807, 2.05) is 133 Å². The number of benzene rings is 9. The van der Waals surface area contributed by atoms with Gasteiger partial charge in [0, 0.05) is 11.3 Å². The predicted octanol–water partition coefficient (Wildman–Crippen LogP) is 15.5. The molecule has 5 heterocycles. The molecule has 3 aliphatic heterocycles. The number of rotatable bonds is 7. The maximum absolute atomic E-state index is 9.23. The summed E-state index contributed by atoms with van der Waals surface area (Å²) in [6.45, 7) is 3.49. The van der Waals surface area contributed by atoms with Gasteiger partial charge in [-0.25, -0.2) is 0 Å². The van der Waals surface area contributed by atoms with Crippen LogP contribution in [0.2, 0.25) is 0 Å². The Bertz CT molecular complexity index is 4520. The molecule has 0 spiro atoms. The fourth-order valence-corrected chi connectivity index (χ4v) is 12.3. The molecule has 0 unspecified atom stereocenters. The second-order valence-corrected chi connectivity index (χ2v) is 20.5. The molecule has 14 rings (SSSR count). The number of aromatic nitrogens is 3. The Morgan fingerprint density at radius 2 is 1.29 bits per heavy atom. The second kappa shape index (κ2) is 16.7. The van der Waals surface area contributed by atoms with Gasteiger partial charge in [-0.15, -0.1) is 6.07 Å². The van der Waals surface area contributed by atoms with Gasteiger partial charge in [0.05, 0.1) is 0 Å². The summed E-state index contributed by atoms with van der Waals surface area (Å²) in [5, 5.41) is 0. The number of aryl methyl sites for hydroxylation is 1. The SMILES string of the molecule is [2H]c1c([2H])c([2H])c(-c2cccc(-c3ccccc3)c2-n2[c](=[Pt])n(-c3[c-]c(Oc4cc(C([2H])([2H])[2H])c5c(n4)N4B6c7c(cccc7-5)-c5ccccc5N6c5ccc[c-]c54)c(-c4ccccc4C(C)(C)C)cc3)c3ccccc32)c([2H])c1[2H]. The van der Waals surface area contributed by atoms with Gasteiger partial charge in [0.1, 0.15) is 0 Å². The van der Waals surface area contributed by atoms with Crippen LogP contribution in [0.25, 0.3) is 78.0 Å². The number of anilines is 4. The summed E-state index contributed by atoms with van der Waals surface area (Å²) >= 11 is 2.30. The van der Waals surface area contributed by atoms with Gasteiger partial charge in [-0.3, -0.25) is 0 Å². The molecule has 0 fully saturated rings. The molecule has 2 aromatic heterocycles. The predicted molar refractivity (Wildman–Crippen MR) is 295 cm³/mol. The van der Waals surface area contributed by atoms with E-state index < -0.39 is 32.0 Å². The van der Waals surface area contributed by atoms with Gasteiger partial charge >= 0.3 is 379 Å². The quantitative estimate of drug-likeness (QED) is 0.118. The van der Waals surface area contributed by atoms with Crippen LogP contribution in [0.1, 0.15) is 42.9 Å². The van der Waals surface area contributed by atoms with Crippen molar-refractivity contribution >= 4 is 46.4 Å². The number of hydrogen-bond donors (Lipinski definition) is 0. The van der Waals surface area contributed by atoms with E-state index in [2.05, 4.69) is 107 Å². The van der Waals surface area contributed by atoms with Gasteiger partial charge in [0.2, 0.25) is 0 Å². The number of para-hydroxylation sites is 5. The molecule has 8 heteroatoms. The monoisotopic (exact) mass is 1130 g/mol. The van der Waals surface area contributed by atoms with E-state index in [-0.39, 0.29) is 34.5 Å². The van der Waals surface area contributed by atoms with Crippen LogP contribution in [0.15, 0.2) is 206 Å². The van der Waals surface area contributed by atoms with Gasteiger partial charge in [0.25, 0.3) is 0 Å². The Labute approximate surface area is 447 Å². The minimum absolute atomic E-state index is 0.0665. The summed E-state index contributed by atoms with van der Waals surface area (Å²) in [6.07, 6.45) is 0. The fourth-order valence-electron chi connectivity index (χ4n) is 11.3. The summed E-state index contributed by atoms with van der Waals surface area (Å²) < 4.78 is 84.1. The molecule has 3 aliphatic rings. The average Bonchev–Trinajstić information content (AvgIpc) is 2.35. The molecule has 0 saturated heterocycles. The third-order valence-corrected chi connectivity index (χ3v) is 15.3. The second-order valence-electron chi connectivity index (χ2n) is 19.5. The van der Waals surface area contributed by atoms with E-state index in [1.165, 1.54) is 0 Å². The third kappa shape index (κ3) is 6.68. The van der Waals surface area contributed by atoms with E-state index in [9.17, 15) is 6.85 Å². The summed E-state index contributed by atoms with van der Waals surface area (Å²) in [5.74, 6) is 0.806. The number of imidazole rings is 1. The summed E-state index contributed by atoms with van der Waals surface area (Å²) in [5.41, 5.74) is 14.4. The van der Waals surface area contributed by atoms with Gasteiger partial charge in [0.15, 0.2) is 0 Å². The van der Waals surface area contributed by atoms with Crippen LogP contribution in [0, 0.1) is 22.8 Å². The topological polar surface area (TPSA) is 38.5 Å². The number of pyridine rings is 1. The molecular weight excluding hydrogens is 1070 g/mol. The summed E-state index contributed by atoms with van der Waals surface area (Å²) in [6, 6.07) is 62.8. The molecule has 6 nitrogen and oxygen atoms in total. The van der Waals surface area contributed by atoms with Crippen molar-refractivity contribution in [2.75, 3.05) is 9.62 Å². The number of hydrogen-bond acceptors (Lipinski definition) is 4. The molecular formula is C65H46BN5OPt-2. The van der Waals surface area contributed by atoms with Crippen molar-refractivity contribution in [3.63, 3.8) is 0 Å². The molecule has 0 atom stereocenters. The molecule has 0 N–H and O–H groups in total. The van der Waals surface area contributed by atoms with Crippen molar-refractivity contribution < 1.29 is 35.1 Å². The van der Waals surface area contributed by atoms with Crippen LogP contribution in [0.4, 0.5) is 22.9 Å². The molecule has 0 saturated carbocycles. The van der Waals surface area contributed by atoms with Crippen molar-refractivity contribution in [3.05, 3.63) is 233 Å². The van der Waals surface area contributed by atoms with Crippen LogP contribution < -0.4 is 19.8 Å². The zero-order valence-corrected chi connectivity index (χ0v) is 42.1. The van der Waals surface area contributed by atoms with Crippen LogP contribution in [-0.2, 0) is 24.8 Å². The summed E-state index contributed by atoms with van der Waals surface area (Å²) in [4.78, 5) is 9.82. The van der Waals surface area contributed by atoms with Gasteiger partial charge in [-0.2, -0.15) is 12.1 Å². The molecule has 11 aromatic rings. The van der Waals surface area contributed by atoms with Crippen molar-refractivity contribution in [1.29, 1.82) is 0 Å². The first-order valence-corrected chi connectivity index (χ1v) is 25.3. The van der Waals surface area contributed by atoms with Crippen molar-refractivity contribution in [2.24, 2.45) is 0 Å². The molecule has 352 valence electrons. The van der Waals surface area contributed by atoms with E-state index in [0.29, 0.717) is 43.4 Å². The first-order chi connectivity index (χ1) is 39.0. The molecule has 0 amide bonds. The van der Waals surface area contributed by atoms with Gasteiger partial charge < -0.3 is 0 Å². The van der Waals surface area contributed by atoms with E-state index in [1.54, 1.807) is 6.07 Å². The van der Waals surface area contributed by atoms with Crippen molar-refractivity contribution in [1.82, 2.24) is 14.1 Å². The first kappa shape index (κ1) is 35.8. The standard InChI is InChI=1S/C65H46BN5O.Pt/c1-42-39-60(67-64-61(42)52-30-20-29-51-49-26-12-14-32-54(49)70-57-35-17-18-36-58(57)71(64)66(70)62(51)52)72-59-40-45(37-38-50(59)48-25-11-13-31-53(48)65(2,3)4)68-41-69(56-34-16-15-33-55(56)68)63-46(43-21-7-5-8-22-43)27-19-28-47(63)44-23-9-6-10-24-44;/h5-35,37-39H,1-4H3;/q-2;/i1D3,5D,7D,8D,21D,22D;. The van der Waals surface area contributed by atoms with Crippen molar-refractivity contribution in [2.45, 2.75) is 33.0 Å². The number of ether oxygens (including phenoxy) is 1. The zero-order chi connectivity index (χ0) is 56.0. The minimum atomic E-state index is -2.61. The fraction of sp³-hybridized carbons (Fsp3) is 0.0769. The molecule has 0 radical (unpaired) electrons. The number of nitrogens with zero attached hydrogens (tertiary/aromatic N) is 5. The molecule has 9 aromatic carbocycles. The van der Waals surface area contributed by atoms with Crippen molar-refractivity contribution in [3.8, 4) is 78.6 Å². The average molecular weight is 1130 g/mol. The third-order valence-electron chi connectivity index (χ3n) is 14.3. The number of fused-ring (bicyclic) bond motifs is 10. The van der Waals surface area contributed by atoms with E-state index in [0.717, 1.165) is 72.5 Å². The summed E-state index contributed by atoms with van der Waals surface area (Å²) in [7, 11) is 0. The Hall–Kier alpha value is -8.25. The Balaban J connectivity index is 1.02. The van der Waals surface area contributed by atoms with Gasteiger partial charge in [-0.05, 0) is 11.6 Å². The maximum atomic E-state index is 9.23. The molecule has 0 aliphatic carbocycles. The first-order valence-electron chi connectivity index (χ1n) is 28.2. The van der Waals surface area contributed by atoms with Gasteiger partial charge in [-0.1, -0.05) is 30.3 Å². The van der Waals surface area contributed by atoms with Crippen LogP contribution in [-0.4, -0.2) is 21.1 Å². The van der Waals surface area contributed by atoms with Crippen LogP contribution >= 0.6 is 0 Å².